The Kier molecular flexibility index (Phi) is 9.76. The maximum absolute atomic E-state index is 6.08. The summed E-state index contributed by atoms with van der Waals surface area (Å²) in [7, 11) is 0. The van der Waals surface area contributed by atoms with Gasteiger partial charge in [0.15, 0.2) is 0 Å². The van der Waals surface area contributed by atoms with Crippen LogP contribution in [0.4, 0.5) is 0 Å². The molecule has 2 atom stereocenters. The molecule has 110 valence electrons. The molecule has 2 unspecified atom stereocenters. The normalized spacial score (nSPS) is 16.8. The highest BCUT2D eigenvalue weighted by atomic mass is 15.2. The van der Waals surface area contributed by atoms with Gasteiger partial charge in [-0.1, -0.05) is 52.9 Å². The summed E-state index contributed by atoms with van der Waals surface area (Å²) in [5.41, 5.74) is 6.27. The number of likely N-dealkylation sites (N-methyl/N-ethyl adjacent to an activating group) is 1. The summed E-state index contributed by atoms with van der Waals surface area (Å²) in [5, 5.41) is 0. The van der Waals surface area contributed by atoms with E-state index in [9.17, 15) is 0 Å². The van der Waals surface area contributed by atoms with Gasteiger partial charge in [-0.3, -0.25) is 4.90 Å². The van der Waals surface area contributed by atoms with Gasteiger partial charge in [0, 0.05) is 18.1 Å². The van der Waals surface area contributed by atoms with Gasteiger partial charge in [0.1, 0.15) is 0 Å². The van der Waals surface area contributed by atoms with Crippen molar-refractivity contribution in [1.29, 1.82) is 0 Å². The molecule has 0 aromatic carbocycles. The summed E-state index contributed by atoms with van der Waals surface area (Å²) >= 11 is 0. The van der Waals surface area contributed by atoms with E-state index >= 15 is 0 Å². The number of hydrogen-bond acceptors (Lipinski definition) is 2. The Labute approximate surface area is 115 Å². The molecule has 2 heteroatoms. The van der Waals surface area contributed by atoms with Crippen molar-refractivity contribution in [3.63, 3.8) is 0 Å². The molecule has 0 fully saturated rings. The largest absolute Gasteiger partial charge is 0.329 e. The SMILES string of the molecule is CCCCCCCC(C)(CN)N(CC)C(C)CC. The molecule has 0 saturated heterocycles. The van der Waals surface area contributed by atoms with Gasteiger partial charge in [-0.15, -0.1) is 0 Å². The maximum atomic E-state index is 6.08. The average molecular weight is 256 g/mol. The Morgan fingerprint density at radius 2 is 1.67 bits per heavy atom. The highest BCUT2D eigenvalue weighted by Gasteiger charge is 2.31. The molecule has 18 heavy (non-hydrogen) atoms. The van der Waals surface area contributed by atoms with Crippen LogP contribution in [0.3, 0.4) is 0 Å². The van der Waals surface area contributed by atoms with Gasteiger partial charge in [0.2, 0.25) is 0 Å². The van der Waals surface area contributed by atoms with Crippen LogP contribution in [-0.2, 0) is 0 Å². The first kappa shape index (κ1) is 17.9. The van der Waals surface area contributed by atoms with Crippen molar-refractivity contribution in [3.05, 3.63) is 0 Å². The first-order valence-electron chi connectivity index (χ1n) is 8.02. The van der Waals surface area contributed by atoms with Crippen LogP contribution in [0.2, 0.25) is 0 Å². The molecule has 0 aliphatic rings. The molecule has 0 heterocycles. The van der Waals surface area contributed by atoms with Crippen molar-refractivity contribution in [3.8, 4) is 0 Å². The van der Waals surface area contributed by atoms with Crippen molar-refractivity contribution in [2.24, 2.45) is 5.73 Å². The lowest BCUT2D eigenvalue weighted by atomic mass is 9.90. The van der Waals surface area contributed by atoms with E-state index in [0.29, 0.717) is 6.04 Å². The van der Waals surface area contributed by atoms with Crippen molar-refractivity contribution >= 4 is 0 Å². The Morgan fingerprint density at radius 1 is 1.06 bits per heavy atom. The van der Waals surface area contributed by atoms with E-state index in [-0.39, 0.29) is 5.54 Å². The van der Waals surface area contributed by atoms with Gasteiger partial charge in [0.05, 0.1) is 0 Å². The minimum absolute atomic E-state index is 0.191. The van der Waals surface area contributed by atoms with E-state index in [1.807, 2.05) is 0 Å². The molecule has 0 aliphatic heterocycles. The molecule has 0 saturated carbocycles. The molecule has 2 N–H and O–H groups in total. The second kappa shape index (κ2) is 9.80. The van der Waals surface area contributed by atoms with Crippen molar-refractivity contribution in [2.75, 3.05) is 13.1 Å². The Morgan fingerprint density at radius 3 is 2.11 bits per heavy atom. The Hall–Kier alpha value is -0.0800. The van der Waals surface area contributed by atoms with Gasteiger partial charge in [0.25, 0.3) is 0 Å². The fourth-order valence-electron chi connectivity index (χ4n) is 2.92. The molecular formula is C16H36N2. The van der Waals surface area contributed by atoms with Crippen LogP contribution in [0.15, 0.2) is 0 Å². The third kappa shape index (κ3) is 5.71. The number of unbranched alkanes of at least 4 members (excludes halogenated alkanes) is 4. The zero-order valence-corrected chi connectivity index (χ0v) is 13.5. The summed E-state index contributed by atoms with van der Waals surface area (Å²) in [4.78, 5) is 2.60. The predicted molar refractivity (Wildman–Crippen MR) is 83.0 cm³/mol. The monoisotopic (exact) mass is 256 g/mol. The molecule has 0 radical (unpaired) electrons. The summed E-state index contributed by atoms with van der Waals surface area (Å²) in [5.74, 6) is 0. The van der Waals surface area contributed by atoms with Crippen molar-refractivity contribution in [1.82, 2.24) is 4.90 Å². The maximum Gasteiger partial charge on any atom is 0.0306 e. The number of nitrogens with zero attached hydrogens (tertiary/aromatic N) is 1. The van der Waals surface area contributed by atoms with Crippen molar-refractivity contribution < 1.29 is 0 Å². The Bertz CT molecular complexity index is 194. The van der Waals surface area contributed by atoms with Crippen LogP contribution in [-0.4, -0.2) is 29.6 Å². The first-order chi connectivity index (χ1) is 8.55. The summed E-state index contributed by atoms with van der Waals surface area (Å²) in [6.45, 7) is 13.4. The second-order valence-electron chi connectivity index (χ2n) is 5.91. The molecule has 0 aromatic heterocycles. The van der Waals surface area contributed by atoms with Crippen LogP contribution < -0.4 is 5.73 Å². The first-order valence-corrected chi connectivity index (χ1v) is 8.02. The van der Waals surface area contributed by atoms with Gasteiger partial charge in [-0.05, 0) is 33.2 Å². The summed E-state index contributed by atoms with van der Waals surface area (Å²) < 4.78 is 0. The Balaban J connectivity index is 4.29. The highest BCUT2D eigenvalue weighted by Crippen LogP contribution is 2.25. The molecule has 0 spiro atoms. The molecule has 0 amide bonds. The fourth-order valence-corrected chi connectivity index (χ4v) is 2.92. The minimum atomic E-state index is 0.191. The van der Waals surface area contributed by atoms with Crippen molar-refractivity contribution in [2.45, 2.75) is 91.1 Å². The van der Waals surface area contributed by atoms with Crippen LogP contribution in [0.25, 0.3) is 0 Å². The predicted octanol–water partition coefficient (Wildman–Crippen LogP) is 4.18. The molecular weight excluding hydrogens is 220 g/mol. The summed E-state index contributed by atoms with van der Waals surface area (Å²) in [6.07, 6.45) is 9.21. The van der Waals surface area contributed by atoms with Gasteiger partial charge >= 0.3 is 0 Å². The van der Waals surface area contributed by atoms with Gasteiger partial charge in [-0.25, -0.2) is 0 Å². The zero-order valence-electron chi connectivity index (χ0n) is 13.5. The van der Waals surface area contributed by atoms with Crippen LogP contribution in [0.5, 0.6) is 0 Å². The molecule has 0 bridgehead atoms. The van der Waals surface area contributed by atoms with E-state index in [0.717, 1.165) is 13.1 Å². The van der Waals surface area contributed by atoms with Gasteiger partial charge < -0.3 is 5.73 Å². The lowest BCUT2D eigenvalue weighted by Crippen LogP contribution is -2.55. The quantitative estimate of drug-likeness (QED) is 0.562. The highest BCUT2D eigenvalue weighted by molar-refractivity contribution is 4.89. The molecule has 0 aromatic rings. The topological polar surface area (TPSA) is 29.3 Å². The number of rotatable bonds is 11. The summed E-state index contributed by atoms with van der Waals surface area (Å²) in [6, 6.07) is 0.638. The van der Waals surface area contributed by atoms with E-state index in [2.05, 4.69) is 39.5 Å². The van der Waals surface area contributed by atoms with E-state index in [1.54, 1.807) is 0 Å². The lowest BCUT2D eigenvalue weighted by Gasteiger charge is -2.44. The lowest BCUT2D eigenvalue weighted by molar-refractivity contribution is 0.0628. The molecule has 0 rings (SSSR count). The smallest absolute Gasteiger partial charge is 0.0306 e. The average Bonchev–Trinajstić information content (AvgIpc) is 2.39. The zero-order chi connectivity index (χ0) is 14.0. The third-order valence-corrected chi connectivity index (χ3v) is 4.42. The van der Waals surface area contributed by atoms with Gasteiger partial charge in [-0.2, -0.15) is 0 Å². The number of nitrogens with two attached hydrogens (primary N) is 1. The second-order valence-corrected chi connectivity index (χ2v) is 5.91. The standard InChI is InChI=1S/C16H36N2/c1-6-9-10-11-12-13-16(5,14-17)18(8-3)15(4)7-2/h15H,6-14,17H2,1-5H3. The van der Waals surface area contributed by atoms with E-state index < -0.39 is 0 Å². The molecule has 2 nitrogen and oxygen atoms in total. The minimum Gasteiger partial charge on any atom is -0.329 e. The molecule has 0 aliphatic carbocycles. The van der Waals surface area contributed by atoms with Crippen LogP contribution in [0, 0.1) is 0 Å². The third-order valence-electron chi connectivity index (χ3n) is 4.42. The number of hydrogen-bond donors (Lipinski definition) is 1. The van der Waals surface area contributed by atoms with E-state index in [4.69, 9.17) is 5.73 Å². The van der Waals surface area contributed by atoms with E-state index in [1.165, 1.54) is 44.9 Å². The van der Waals surface area contributed by atoms with Crippen LogP contribution in [0.1, 0.15) is 79.6 Å². The fraction of sp³-hybridized carbons (Fsp3) is 1.00. The van der Waals surface area contributed by atoms with Crippen LogP contribution >= 0.6 is 0 Å².